The maximum atomic E-state index is 12.1. The number of rotatable bonds is 6. The Balaban J connectivity index is 1.95. The van der Waals surface area contributed by atoms with Crippen LogP contribution in [-0.4, -0.2) is 24.9 Å². The first-order valence-corrected chi connectivity index (χ1v) is 8.10. The van der Waals surface area contributed by atoms with Crippen LogP contribution < -0.4 is 5.32 Å². The maximum Gasteiger partial charge on any atom is 0.251 e. The second kappa shape index (κ2) is 8.32. The van der Waals surface area contributed by atoms with Gasteiger partial charge in [0.25, 0.3) is 5.91 Å². The van der Waals surface area contributed by atoms with E-state index in [4.69, 9.17) is 16.3 Å². The molecule has 0 unspecified atom stereocenters. The summed E-state index contributed by atoms with van der Waals surface area (Å²) in [5, 5.41) is 2.48. The predicted octanol–water partition coefficient (Wildman–Crippen LogP) is 4.17. The Morgan fingerprint density at radius 1 is 1.18 bits per heavy atom. The van der Waals surface area contributed by atoms with E-state index in [9.17, 15) is 4.79 Å². The van der Waals surface area contributed by atoms with Gasteiger partial charge in [-0.25, -0.2) is 0 Å². The molecule has 0 saturated carbocycles. The van der Waals surface area contributed by atoms with Crippen LogP contribution in [0, 0.1) is 0 Å². The first kappa shape index (κ1) is 17.0. The van der Waals surface area contributed by atoms with Crippen molar-refractivity contribution in [1.29, 1.82) is 0 Å². The van der Waals surface area contributed by atoms with Crippen molar-refractivity contribution >= 4 is 33.4 Å². The molecular weight excluding hydrogens is 366 g/mol. The Hall–Kier alpha value is -1.36. The van der Waals surface area contributed by atoms with Gasteiger partial charge in [0.15, 0.2) is 0 Å². The third-order valence-electron chi connectivity index (χ3n) is 3.27. The minimum absolute atomic E-state index is 0.152. The number of hydrogen-bond acceptors (Lipinski definition) is 2. The fraction of sp³-hybridized carbons (Fsp3) is 0.235. The summed E-state index contributed by atoms with van der Waals surface area (Å²) in [6, 6.07) is 16.9. The molecule has 3 nitrogen and oxygen atoms in total. The molecule has 0 radical (unpaired) electrons. The molecule has 2 rings (SSSR count). The number of carbonyl (C=O) groups excluding carboxylic acids is 1. The van der Waals surface area contributed by atoms with E-state index in [1.54, 1.807) is 19.2 Å². The van der Waals surface area contributed by atoms with Gasteiger partial charge in [0.2, 0.25) is 0 Å². The molecular formula is C17H17BrClNO2. The number of ether oxygens (including phenoxy) is 1. The Kier molecular flexibility index (Phi) is 6.43. The van der Waals surface area contributed by atoms with Crippen LogP contribution in [0.1, 0.15) is 22.0 Å². The zero-order valence-electron chi connectivity index (χ0n) is 12.1. The molecule has 2 aromatic carbocycles. The lowest BCUT2D eigenvalue weighted by molar-refractivity contribution is 0.0888. The zero-order chi connectivity index (χ0) is 15.9. The number of nitrogens with one attached hydrogen (secondary N) is 1. The first-order valence-electron chi connectivity index (χ1n) is 6.87. The molecule has 0 heterocycles. The van der Waals surface area contributed by atoms with Crippen molar-refractivity contribution in [2.45, 2.75) is 11.5 Å². The van der Waals surface area contributed by atoms with E-state index in [-0.39, 0.29) is 17.4 Å². The van der Waals surface area contributed by atoms with Crippen molar-refractivity contribution in [1.82, 2.24) is 5.32 Å². The van der Waals surface area contributed by atoms with E-state index in [1.807, 2.05) is 42.5 Å². The topological polar surface area (TPSA) is 38.3 Å². The minimum atomic E-state index is -0.355. The minimum Gasteiger partial charge on any atom is -0.375 e. The molecule has 22 heavy (non-hydrogen) atoms. The molecule has 0 saturated heterocycles. The average Bonchev–Trinajstić information content (AvgIpc) is 2.55. The number of amides is 1. The third-order valence-corrected chi connectivity index (χ3v) is 4.19. The van der Waals surface area contributed by atoms with Crippen LogP contribution >= 0.6 is 27.5 Å². The van der Waals surface area contributed by atoms with Gasteiger partial charge in [-0.15, -0.1) is 11.6 Å². The first-order chi connectivity index (χ1) is 10.6. The predicted molar refractivity (Wildman–Crippen MR) is 92.3 cm³/mol. The lowest BCUT2D eigenvalue weighted by atomic mass is 10.1. The molecule has 0 fully saturated rings. The summed E-state index contributed by atoms with van der Waals surface area (Å²) in [6.07, 6.45) is -0.270. The van der Waals surface area contributed by atoms with Gasteiger partial charge in [-0.1, -0.05) is 46.3 Å². The number of carbonyl (C=O) groups is 1. The molecule has 2 atom stereocenters. The van der Waals surface area contributed by atoms with Crippen LogP contribution in [0.15, 0.2) is 59.1 Å². The van der Waals surface area contributed by atoms with E-state index < -0.39 is 0 Å². The fourth-order valence-electron chi connectivity index (χ4n) is 2.14. The van der Waals surface area contributed by atoms with Crippen LogP contribution in [0.2, 0.25) is 0 Å². The molecule has 5 heteroatoms. The standard InChI is InChI=1S/C17H17BrClNO2/c1-22-16(12-5-3-2-4-6-12)15(19)11-20-17(21)13-7-9-14(18)10-8-13/h2-10,15-16H,11H2,1H3,(H,20,21)/t15-,16+/m1/s1. The SMILES string of the molecule is CO[C@@H](c1ccccc1)[C@H](Cl)CNC(=O)c1ccc(Br)cc1. The van der Waals surface area contributed by atoms with Crippen molar-refractivity contribution in [3.63, 3.8) is 0 Å². The summed E-state index contributed by atoms with van der Waals surface area (Å²) < 4.78 is 6.40. The smallest absolute Gasteiger partial charge is 0.251 e. The molecule has 2 aromatic rings. The van der Waals surface area contributed by atoms with Gasteiger partial charge in [-0.3, -0.25) is 4.79 Å². The van der Waals surface area contributed by atoms with E-state index in [0.29, 0.717) is 12.1 Å². The van der Waals surface area contributed by atoms with Crippen molar-refractivity contribution < 1.29 is 9.53 Å². The largest absolute Gasteiger partial charge is 0.375 e. The molecule has 116 valence electrons. The Labute approximate surface area is 143 Å². The number of halogens is 2. The van der Waals surface area contributed by atoms with Crippen LogP contribution in [-0.2, 0) is 4.74 Å². The van der Waals surface area contributed by atoms with Gasteiger partial charge < -0.3 is 10.1 Å². The van der Waals surface area contributed by atoms with E-state index >= 15 is 0 Å². The van der Waals surface area contributed by atoms with Crippen molar-refractivity contribution in [2.24, 2.45) is 0 Å². The summed E-state index contributed by atoms with van der Waals surface area (Å²) in [4.78, 5) is 12.1. The average molecular weight is 383 g/mol. The van der Waals surface area contributed by atoms with Crippen molar-refractivity contribution in [3.05, 3.63) is 70.2 Å². The summed E-state index contributed by atoms with van der Waals surface area (Å²) in [5.74, 6) is -0.152. The molecule has 0 aromatic heterocycles. The third kappa shape index (κ3) is 4.57. The number of methoxy groups -OCH3 is 1. The van der Waals surface area contributed by atoms with Gasteiger partial charge in [0, 0.05) is 23.7 Å². The summed E-state index contributed by atoms with van der Waals surface area (Å²) >= 11 is 9.73. The molecule has 0 spiro atoms. The van der Waals surface area contributed by atoms with Gasteiger partial charge in [-0.05, 0) is 29.8 Å². The maximum absolute atomic E-state index is 12.1. The van der Waals surface area contributed by atoms with Crippen LogP contribution in [0.3, 0.4) is 0 Å². The number of hydrogen-bond donors (Lipinski definition) is 1. The zero-order valence-corrected chi connectivity index (χ0v) is 14.5. The Morgan fingerprint density at radius 3 is 2.41 bits per heavy atom. The summed E-state index contributed by atoms with van der Waals surface area (Å²) in [7, 11) is 1.61. The molecule has 0 aliphatic carbocycles. The second-order valence-corrected chi connectivity index (χ2v) is 6.28. The lowest BCUT2D eigenvalue weighted by Gasteiger charge is -2.21. The number of benzene rings is 2. The lowest BCUT2D eigenvalue weighted by Crippen LogP contribution is -2.33. The Bertz CT molecular complexity index is 604. The molecule has 0 bridgehead atoms. The van der Waals surface area contributed by atoms with E-state index in [2.05, 4.69) is 21.2 Å². The highest BCUT2D eigenvalue weighted by Gasteiger charge is 2.21. The van der Waals surface area contributed by atoms with Gasteiger partial charge in [0.1, 0.15) is 6.10 Å². The highest BCUT2D eigenvalue weighted by Crippen LogP contribution is 2.24. The van der Waals surface area contributed by atoms with Gasteiger partial charge >= 0.3 is 0 Å². The van der Waals surface area contributed by atoms with Crippen LogP contribution in [0.5, 0.6) is 0 Å². The summed E-state index contributed by atoms with van der Waals surface area (Å²) in [5.41, 5.74) is 1.59. The molecule has 1 N–H and O–H groups in total. The second-order valence-electron chi connectivity index (χ2n) is 4.80. The number of alkyl halides is 1. The van der Waals surface area contributed by atoms with Crippen LogP contribution in [0.25, 0.3) is 0 Å². The fourth-order valence-corrected chi connectivity index (χ4v) is 2.73. The van der Waals surface area contributed by atoms with Crippen LogP contribution in [0.4, 0.5) is 0 Å². The summed E-state index contributed by atoms with van der Waals surface area (Å²) in [6.45, 7) is 0.323. The Morgan fingerprint density at radius 2 is 1.82 bits per heavy atom. The molecule has 0 aliphatic heterocycles. The molecule has 1 amide bonds. The quantitative estimate of drug-likeness (QED) is 0.761. The van der Waals surface area contributed by atoms with Crippen molar-refractivity contribution in [3.8, 4) is 0 Å². The van der Waals surface area contributed by atoms with Gasteiger partial charge in [-0.2, -0.15) is 0 Å². The monoisotopic (exact) mass is 381 g/mol. The normalized spacial score (nSPS) is 13.4. The van der Waals surface area contributed by atoms with E-state index in [0.717, 1.165) is 10.0 Å². The van der Waals surface area contributed by atoms with Gasteiger partial charge in [0.05, 0.1) is 5.38 Å². The van der Waals surface area contributed by atoms with Crippen molar-refractivity contribution in [2.75, 3.05) is 13.7 Å². The highest BCUT2D eigenvalue weighted by molar-refractivity contribution is 9.10. The molecule has 0 aliphatic rings. The van der Waals surface area contributed by atoms with E-state index in [1.165, 1.54) is 0 Å². The highest BCUT2D eigenvalue weighted by atomic mass is 79.9.